The van der Waals surface area contributed by atoms with Crippen molar-refractivity contribution in [3.63, 3.8) is 0 Å². The molecule has 1 aliphatic heterocycles. The van der Waals surface area contributed by atoms with Crippen molar-refractivity contribution in [1.29, 1.82) is 0 Å². The average Bonchev–Trinajstić information content (AvgIpc) is 2.65. The molecule has 0 aliphatic carbocycles. The number of carbonyl (C=O) groups excluding carboxylic acids is 1. The van der Waals surface area contributed by atoms with Gasteiger partial charge in [0.25, 0.3) is 5.91 Å². The summed E-state index contributed by atoms with van der Waals surface area (Å²) in [4.78, 5) is 15.0. The minimum atomic E-state index is -0.302. The Hall–Kier alpha value is -2.17. The standard InChI is InChI=1S/C20H22ClN3O/c21-18-11-9-16(10-12-18)15-22-23-20(25)19(17-7-3-1-4-8-17)24-13-5-2-6-14-24/h1,3-4,7-12,15,19H,2,5-6,13-14H2,(H,23,25)/b22-15-. The maximum atomic E-state index is 12.8. The van der Waals surface area contributed by atoms with Crippen molar-refractivity contribution in [2.24, 2.45) is 5.10 Å². The minimum absolute atomic E-state index is 0.0988. The van der Waals surface area contributed by atoms with Crippen molar-refractivity contribution in [3.8, 4) is 0 Å². The molecule has 0 radical (unpaired) electrons. The number of likely N-dealkylation sites (tertiary alicyclic amines) is 1. The van der Waals surface area contributed by atoms with Crippen LogP contribution in [0, 0.1) is 0 Å². The van der Waals surface area contributed by atoms with Gasteiger partial charge >= 0.3 is 0 Å². The normalized spacial score (nSPS) is 16.7. The maximum Gasteiger partial charge on any atom is 0.262 e. The van der Waals surface area contributed by atoms with Crippen LogP contribution < -0.4 is 5.43 Å². The van der Waals surface area contributed by atoms with Gasteiger partial charge in [-0.3, -0.25) is 9.69 Å². The predicted molar refractivity (Wildman–Crippen MR) is 102 cm³/mol. The number of nitrogens with one attached hydrogen (secondary N) is 1. The van der Waals surface area contributed by atoms with Crippen molar-refractivity contribution in [2.45, 2.75) is 25.3 Å². The smallest absolute Gasteiger partial charge is 0.262 e. The van der Waals surface area contributed by atoms with E-state index in [2.05, 4.69) is 15.4 Å². The summed E-state index contributed by atoms with van der Waals surface area (Å²) in [5.41, 5.74) is 4.59. The first-order valence-corrected chi connectivity index (χ1v) is 8.99. The van der Waals surface area contributed by atoms with Gasteiger partial charge in [-0.05, 0) is 49.2 Å². The molecule has 5 heteroatoms. The largest absolute Gasteiger partial charge is 0.288 e. The molecule has 1 saturated heterocycles. The molecule has 1 aliphatic rings. The lowest BCUT2D eigenvalue weighted by Crippen LogP contribution is -2.41. The SMILES string of the molecule is O=C(N/N=C\c1ccc(Cl)cc1)C(c1ccccc1)N1CCCCC1. The number of carbonyl (C=O) groups is 1. The van der Waals surface area contributed by atoms with E-state index in [1.807, 2.05) is 42.5 Å². The van der Waals surface area contributed by atoms with Gasteiger partial charge in [0.15, 0.2) is 0 Å². The Morgan fingerprint density at radius 3 is 2.40 bits per heavy atom. The Bertz CT molecular complexity index is 709. The highest BCUT2D eigenvalue weighted by atomic mass is 35.5. The Kier molecular flexibility index (Phi) is 6.20. The summed E-state index contributed by atoms with van der Waals surface area (Å²) in [5.74, 6) is -0.0988. The average molecular weight is 356 g/mol. The zero-order chi connectivity index (χ0) is 17.5. The van der Waals surface area contributed by atoms with Crippen molar-refractivity contribution in [3.05, 3.63) is 70.7 Å². The molecule has 0 saturated carbocycles. The zero-order valence-electron chi connectivity index (χ0n) is 14.1. The number of halogens is 1. The number of nitrogens with zero attached hydrogens (tertiary/aromatic N) is 2. The summed E-state index contributed by atoms with van der Waals surface area (Å²) in [7, 11) is 0. The van der Waals surface area contributed by atoms with Crippen LogP contribution in [-0.4, -0.2) is 30.1 Å². The second-order valence-electron chi connectivity index (χ2n) is 6.20. The highest BCUT2D eigenvalue weighted by Gasteiger charge is 2.28. The molecule has 1 heterocycles. The van der Waals surface area contributed by atoms with Gasteiger partial charge in [-0.25, -0.2) is 5.43 Å². The summed E-state index contributed by atoms with van der Waals surface area (Å²) < 4.78 is 0. The molecule has 4 nitrogen and oxygen atoms in total. The zero-order valence-corrected chi connectivity index (χ0v) is 14.8. The third-order valence-corrected chi connectivity index (χ3v) is 4.63. The summed E-state index contributed by atoms with van der Waals surface area (Å²) in [6, 6.07) is 16.9. The number of hydrogen-bond donors (Lipinski definition) is 1. The number of amides is 1. The molecular weight excluding hydrogens is 334 g/mol. The monoisotopic (exact) mass is 355 g/mol. The van der Waals surface area contributed by atoms with Crippen molar-refractivity contribution >= 4 is 23.7 Å². The molecule has 0 aromatic heterocycles. The molecule has 2 aromatic carbocycles. The summed E-state index contributed by atoms with van der Waals surface area (Å²) in [6.45, 7) is 1.88. The van der Waals surface area contributed by atoms with Crippen LogP contribution in [0.15, 0.2) is 59.7 Å². The topological polar surface area (TPSA) is 44.7 Å². The van der Waals surface area contributed by atoms with E-state index in [0.717, 1.165) is 37.1 Å². The van der Waals surface area contributed by atoms with Crippen LogP contribution in [0.4, 0.5) is 0 Å². The Morgan fingerprint density at radius 2 is 1.72 bits per heavy atom. The molecule has 1 fully saturated rings. The molecule has 1 atom stereocenters. The van der Waals surface area contributed by atoms with Gasteiger partial charge < -0.3 is 0 Å². The van der Waals surface area contributed by atoms with Crippen LogP contribution in [0.3, 0.4) is 0 Å². The van der Waals surface area contributed by atoms with Gasteiger partial charge in [0.2, 0.25) is 0 Å². The minimum Gasteiger partial charge on any atom is -0.288 e. The number of hydrogen-bond acceptors (Lipinski definition) is 3. The lowest BCUT2D eigenvalue weighted by Gasteiger charge is -2.33. The van der Waals surface area contributed by atoms with Crippen molar-refractivity contribution in [2.75, 3.05) is 13.1 Å². The quantitative estimate of drug-likeness (QED) is 0.650. The Labute approximate surface area is 153 Å². The molecule has 25 heavy (non-hydrogen) atoms. The molecule has 130 valence electrons. The highest BCUT2D eigenvalue weighted by Crippen LogP contribution is 2.24. The summed E-state index contributed by atoms with van der Waals surface area (Å²) >= 11 is 5.87. The van der Waals surface area contributed by atoms with Gasteiger partial charge in [0.1, 0.15) is 6.04 Å². The molecule has 1 N–H and O–H groups in total. The predicted octanol–water partition coefficient (Wildman–Crippen LogP) is 4.02. The summed E-state index contributed by atoms with van der Waals surface area (Å²) in [6.07, 6.45) is 5.12. The molecule has 2 aromatic rings. The van der Waals surface area contributed by atoms with Crippen LogP contribution >= 0.6 is 11.6 Å². The van der Waals surface area contributed by atoms with E-state index in [1.54, 1.807) is 18.3 Å². The first kappa shape index (κ1) is 17.6. The third kappa shape index (κ3) is 4.91. The highest BCUT2D eigenvalue weighted by molar-refractivity contribution is 6.30. The first-order valence-electron chi connectivity index (χ1n) is 8.61. The van der Waals surface area contributed by atoms with E-state index in [0.29, 0.717) is 5.02 Å². The fraction of sp³-hybridized carbons (Fsp3) is 0.300. The Morgan fingerprint density at radius 1 is 1.04 bits per heavy atom. The van der Waals surface area contributed by atoms with E-state index in [-0.39, 0.29) is 11.9 Å². The fourth-order valence-corrected chi connectivity index (χ4v) is 3.25. The molecule has 3 rings (SSSR count). The van der Waals surface area contributed by atoms with E-state index in [9.17, 15) is 4.79 Å². The second-order valence-corrected chi connectivity index (χ2v) is 6.63. The molecule has 0 bridgehead atoms. The molecule has 0 spiro atoms. The van der Waals surface area contributed by atoms with Gasteiger partial charge in [0.05, 0.1) is 6.21 Å². The molecule has 1 amide bonds. The van der Waals surface area contributed by atoms with Crippen molar-refractivity contribution < 1.29 is 4.79 Å². The number of rotatable bonds is 5. The first-order chi connectivity index (χ1) is 12.2. The number of piperidine rings is 1. The van der Waals surface area contributed by atoms with Crippen molar-refractivity contribution in [1.82, 2.24) is 10.3 Å². The van der Waals surface area contributed by atoms with Crippen LogP contribution in [0.2, 0.25) is 5.02 Å². The van der Waals surface area contributed by atoms with E-state index in [4.69, 9.17) is 11.6 Å². The van der Waals surface area contributed by atoms with Crippen LogP contribution in [0.1, 0.15) is 36.4 Å². The molecular formula is C20H22ClN3O. The van der Waals surface area contributed by atoms with Gasteiger partial charge in [-0.2, -0.15) is 5.10 Å². The second kappa shape index (κ2) is 8.79. The van der Waals surface area contributed by atoms with E-state index >= 15 is 0 Å². The van der Waals surface area contributed by atoms with Gasteiger partial charge in [-0.15, -0.1) is 0 Å². The van der Waals surface area contributed by atoms with Gasteiger partial charge in [0, 0.05) is 5.02 Å². The molecule has 1 unspecified atom stereocenters. The van der Waals surface area contributed by atoms with Crippen LogP contribution in [0.5, 0.6) is 0 Å². The van der Waals surface area contributed by atoms with E-state index < -0.39 is 0 Å². The van der Waals surface area contributed by atoms with E-state index in [1.165, 1.54) is 6.42 Å². The van der Waals surface area contributed by atoms with Gasteiger partial charge in [-0.1, -0.05) is 60.5 Å². The maximum absolute atomic E-state index is 12.8. The fourth-order valence-electron chi connectivity index (χ4n) is 3.12. The van der Waals surface area contributed by atoms with Crippen LogP contribution in [0.25, 0.3) is 0 Å². The lowest BCUT2D eigenvalue weighted by molar-refractivity contribution is -0.127. The number of benzene rings is 2. The number of hydrazone groups is 1. The summed E-state index contributed by atoms with van der Waals surface area (Å²) in [5, 5.41) is 4.79. The third-order valence-electron chi connectivity index (χ3n) is 4.38. The Balaban J connectivity index is 1.71. The van der Waals surface area contributed by atoms with Crippen LogP contribution in [-0.2, 0) is 4.79 Å². The lowest BCUT2D eigenvalue weighted by atomic mass is 10.0.